The first-order chi connectivity index (χ1) is 17.5. The summed E-state index contributed by atoms with van der Waals surface area (Å²) in [6.45, 7) is 1.91. The molecule has 0 N–H and O–H groups in total. The highest BCUT2D eigenvalue weighted by Crippen LogP contribution is 2.42. The van der Waals surface area contributed by atoms with E-state index in [0.29, 0.717) is 38.7 Å². The molecule has 6 rings (SSSR count). The van der Waals surface area contributed by atoms with Gasteiger partial charge in [-0.15, -0.1) is 0 Å². The monoisotopic (exact) mass is 493 g/mol. The van der Waals surface area contributed by atoms with E-state index < -0.39 is 11.9 Å². The molecule has 1 unspecified atom stereocenters. The zero-order valence-electron chi connectivity index (χ0n) is 19.3. The molecule has 176 valence electrons. The summed E-state index contributed by atoms with van der Waals surface area (Å²) >= 11 is 6.28. The van der Waals surface area contributed by atoms with Crippen LogP contribution in [0.5, 0.6) is 11.5 Å². The van der Waals surface area contributed by atoms with Crippen molar-refractivity contribution >= 4 is 34.2 Å². The number of anilines is 1. The SMILES string of the molecule is Cc1ccc2oc3c(c(=O)c2c1)C(c1cccc(Oc2ccccc2)c1)N(c1cccc(Cl)c1)C3=O. The van der Waals surface area contributed by atoms with Crippen molar-refractivity contribution in [2.24, 2.45) is 0 Å². The number of ether oxygens (including phenoxy) is 1. The predicted molar refractivity (Wildman–Crippen MR) is 140 cm³/mol. The summed E-state index contributed by atoms with van der Waals surface area (Å²) in [5.74, 6) is 0.916. The van der Waals surface area contributed by atoms with Crippen LogP contribution in [0.15, 0.2) is 106 Å². The van der Waals surface area contributed by atoms with Gasteiger partial charge in [0.15, 0.2) is 5.43 Å². The standard InChI is InChI=1S/C30H20ClNO4/c1-18-13-14-25-24(15-18)28(33)26-27(19-7-5-12-23(16-19)35-22-10-3-2-4-11-22)32(30(34)29(26)36-25)21-9-6-8-20(31)17-21/h2-17,27H,1H3. The van der Waals surface area contributed by atoms with Crippen LogP contribution in [0.1, 0.15) is 33.3 Å². The van der Waals surface area contributed by atoms with Crippen molar-refractivity contribution in [3.05, 3.63) is 135 Å². The molecule has 0 bridgehead atoms. The van der Waals surface area contributed by atoms with Gasteiger partial charge >= 0.3 is 0 Å². The molecule has 2 heterocycles. The number of hydrogen-bond acceptors (Lipinski definition) is 4. The summed E-state index contributed by atoms with van der Waals surface area (Å²) in [6, 6.07) is 28.5. The van der Waals surface area contributed by atoms with E-state index >= 15 is 0 Å². The molecular formula is C30H20ClNO4. The van der Waals surface area contributed by atoms with E-state index in [1.54, 1.807) is 41.3 Å². The number of hydrogen-bond donors (Lipinski definition) is 0. The highest BCUT2D eigenvalue weighted by molar-refractivity contribution is 6.31. The average Bonchev–Trinajstić information content (AvgIpc) is 3.18. The van der Waals surface area contributed by atoms with Gasteiger partial charge in [0, 0.05) is 10.7 Å². The number of fused-ring (bicyclic) bond motifs is 2. The molecule has 4 aromatic carbocycles. The molecule has 1 atom stereocenters. The first kappa shape index (κ1) is 22.1. The Bertz CT molecular complexity index is 1690. The van der Waals surface area contributed by atoms with Gasteiger partial charge in [0.05, 0.1) is 17.0 Å². The van der Waals surface area contributed by atoms with Gasteiger partial charge in [-0.05, 0) is 67.1 Å². The van der Waals surface area contributed by atoms with E-state index in [4.69, 9.17) is 20.8 Å². The second kappa shape index (κ2) is 8.70. The number of benzene rings is 4. The van der Waals surface area contributed by atoms with Crippen molar-refractivity contribution in [1.82, 2.24) is 0 Å². The van der Waals surface area contributed by atoms with E-state index in [2.05, 4.69) is 0 Å². The molecule has 0 aliphatic carbocycles. The number of nitrogens with zero attached hydrogens (tertiary/aromatic N) is 1. The molecule has 0 spiro atoms. The number of carbonyl (C=O) groups is 1. The summed E-state index contributed by atoms with van der Waals surface area (Å²) in [5, 5.41) is 0.924. The third kappa shape index (κ3) is 3.74. The van der Waals surface area contributed by atoms with Crippen LogP contribution in [0.4, 0.5) is 5.69 Å². The Balaban J connectivity index is 1.56. The smallest absolute Gasteiger partial charge is 0.295 e. The fraction of sp³-hybridized carbons (Fsp3) is 0.0667. The molecule has 5 nitrogen and oxygen atoms in total. The second-order valence-corrected chi connectivity index (χ2v) is 9.16. The van der Waals surface area contributed by atoms with E-state index in [1.807, 2.05) is 67.6 Å². The average molecular weight is 494 g/mol. The van der Waals surface area contributed by atoms with Gasteiger partial charge in [-0.25, -0.2) is 0 Å². The van der Waals surface area contributed by atoms with Crippen molar-refractivity contribution in [1.29, 1.82) is 0 Å². The third-order valence-corrected chi connectivity index (χ3v) is 6.50. The molecule has 1 aliphatic heterocycles. The summed E-state index contributed by atoms with van der Waals surface area (Å²) < 4.78 is 12.1. The summed E-state index contributed by atoms with van der Waals surface area (Å²) in [6.07, 6.45) is 0. The molecule has 1 amide bonds. The Kier molecular flexibility index (Phi) is 5.35. The maximum absolute atomic E-state index is 13.8. The van der Waals surface area contributed by atoms with Crippen LogP contribution >= 0.6 is 11.6 Å². The van der Waals surface area contributed by atoms with Gasteiger partial charge in [-0.1, -0.05) is 59.6 Å². The molecule has 5 aromatic rings. The van der Waals surface area contributed by atoms with Gasteiger partial charge < -0.3 is 9.15 Å². The Morgan fingerprint density at radius 1 is 0.833 bits per heavy atom. The number of aryl methyl sites for hydroxylation is 1. The van der Waals surface area contributed by atoms with Crippen LogP contribution in [-0.4, -0.2) is 5.91 Å². The normalized spacial score (nSPS) is 14.8. The second-order valence-electron chi connectivity index (χ2n) is 8.72. The lowest BCUT2D eigenvalue weighted by atomic mass is 9.97. The molecule has 0 saturated carbocycles. The predicted octanol–water partition coefficient (Wildman–Crippen LogP) is 7.30. The number of rotatable bonds is 4. The minimum atomic E-state index is -0.716. The van der Waals surface area contributed by atoms with Crippen LogP contribution in [0, 0.1) is 6.92 Å². The van der Waals surface area contributed by atoms with Crippen molar-refractivity contribution < 1.29 is 13.9 Å². The first-order valence-corrected chi connectivity index (χ1v) is 11.9. The van der Waals surface area contributed by atoms with Crippen molar-refractivity contribution in [3.8, 4) is 11.5 Å². The van der Waals surface area contributed by atoms with E-state index in [9.17, 15) is 9.59 Å². The molecule has 0 saturated heterocycles. The lowest BCUT2D eigenvalue weighted by Crippen LogP contribution is -2.29. The fourth-order valence-electron chi connectivity index (χ4n) is 4.67. The van der Waals surface area contributed by atoms with Gasteiger partial charge in [0.25, 0.3) is 5.91 Å². The molecular weight excluding hydrogens is 474 g/mol. The quantitative estimate of drug-likeness (QED) is 0.263. The third-order valence-electron chi connectivity index (χ3n) is 6.26. The van der Waals surface area contributed by atoms with Crippen molar-refractivity contribution in [3.63, 3.8) is 0 Å². The minimum Gasteiger partial charge on any atom is -0.457 e. The molecule has 36 heavy (non-hydrogen) atoms. The molecule has 0 fully saturated rings. The van der Waals surface area contributed by atoms with Crippen molar-refractivity contribution in [2.45, 2.75) is 13.0 Å². The lowest BCUT2D eigenvalue weighted by Gasteiger charge is -2.25. The van der Waals surface area contributed by atoms with Crippen LogP contribution in [0.3, 0.4) is 0 Å². The number of amides is 1. The van der Waals surface area contributed by atoms with Crippen LogP contribution in [0.25, 0.3) is 11.0 Å². The van der Waals surface area contributed by atoms with Gasteiger partial charge in [-0.3, -0.25) is 14.5 Å². The van der Waals surface area contributed by atoms with Gasteiger partial charge in [0.2, 0.25) is 5.76 Å². The molecule has 1 aromatic heterocycles. The van der Waals surface area contributed by atoms with Crippen LogP contribution < -0.4 is 15.1 Å². The largest absolute Gasteiger partial charge is 0.457 e. The van der Waals surface area contributed by atoms with Gasteiger partial charge in [-0.2, -0.15) is 0 Å². The summed E-state index contributed by atoms with van der Waals surface area (Å²) in [5.41, 5.74) is 2.67. The Morgan fingerprint density at radius 2 is 1.61 bits per heavy atom. The fourth-order valence-corrected chi connectivity index (χ4v) is 4.85. The van der Waals surface area contributed by atoms with Crippen LogP contribution in [-0.2, 0) is 0 Å². The summed E-state index contributed by atoms with van der Waals surface area (Å²) in [4.78, 5) is 29.1. The number of para-hydroxylation sites is 1. The van der Waals surface area contributed by atoms with E-state index in [0.717, 1.165) is 11.1 Å². The zero-order chi connectivity index (χ0) is 24.8. The van der Waals surface area contributed by atoms with Gasteiger partial charge in [0.1, 0.15) is 17.1 Å². The Labute approximate surface area is 212 Å². The van der Waals surface area contributed by atoms with E-state index in [-0.39, 0.29) is 11.2 Å². The summed E-state index contributed by atoms with van der Waals surface area (Å²) in [7, 11) is 0. The highest BCUT2D eigenvalue weighted by atomic mass is 35.5. The highest BCUT2D eigenvalue weighted by Gasteiger charge is 2.43. The minimum absolute atomic E-state index is 0.0377. The lowest BCUT2D eigenvalue weighted by molar-refractivity contribution is 0.0971. The van der Waals surface area contributed by atoms with Crippen LogP contribution in [0.2, 0.25) is 5.02 Å². The molecule has 1 aliphatic rings. The zero-order valence-corrected chi connectivity index (χ0v) is 20.0. The first-order valence-electron chi connectivity index (χ1n) is 11.5. The molecule has 6 heteroatoms. The van der Waals surface area contributed by atoms with E-state index in [1.165, 1.54) is 0 Å². The molecule has 0 radical (unpaired) electrons. The topological polar surface area (TPSA) is 59.8 Å². The number of halogens is 1. The Hall–Kier alpha value is -4.35. The van der Waals surface area contributed by atoms with Crippen molar-refractivity contribution in [2.75, 3.05) is 4.90 Å². The Morgan fingerprint density at radius 3 is 2.42 bits per heavy atom. The maximum atomic E-state index is 13.8. The number of carbonyl (C=O) groups excluding carboxylic acids is 1. The maximum Gasteiger partial charge on any atom is 0.295 e.